The normalized spacial score (nSPS) is 14.4. The second-order valence-corrected chi connectivity index (χ2v) is 11.1. The average molecular weight is 507 g/mol. The van der Waals surface area contributed by atoms with Gasteiger partial charge < -0.3 is 9.64 Å². The van der Waals surface area contributed by atoms with E-state index in [9.17, 15) is 13.2 Å². The second kappa shape index (κ2) is 12.2. The van der Waals surface area contributed by atoms with E-state index in [-0.39, 0.29) is 23.5 Å². The number of nitrogens with zero attached hydrogens (tertiary/aromatic N) is 1. The SMILES string of the molecule is Cc1cc(S(=O)(=O)NC2CCCCC2)ccc1OCC(=O)N(Cc1ccccc1)Cc1ccccc1. The molecular weight excluding hydrogens is 472 g/mol. The maximum atomic E-state index is 13.2. The van der Waals surface area contributed by atoms with Gasteiger partial charge >= 0.3 is 0 Å². The van der Waals surface area contributed by atoms with Crippen molar-refractivity contribution in [3.8, 4) is 5.75 Å². The molecule has 1 N–H and O–H groups in total. The third kappa shape index (κ3) is 7.18. The van der Waals surface area contributed by atoms with E-state index in [1.807, 2.05) is 60.7 Å². The van der Waals surface area contributed by atoms with Crippen molar-refractivity contribution in [2.24, 2.45) is 0 Å². The van der Waals surface area contributed by atoms with Crippen LogP contribution < -0.4 is 9.46 Å². The van der Waals surface area contributed by atoms with Gasteiger partial charge in [0.1, 0.15) is 5.75 Å². The molecule has 1 aliphatic rings. The Balaban J connectivity index is 1.41. The van der Waals surface area contributed by atoms with E-state index in [0.717, 1.165) is 43.2 Å². The fourth-order valence-electron chi connectivity index (χ4n) is 4.53. The molecule has 3 aromatic carbocycles. The fourth-order valence-corrected chi connectivity index (χ4v) is 5.92. The van der Waals surface area contributed by atoms with Crippen LogP contribution in [0.3, 0.4) is 0 Å². The lowest BCUT2D eigenvalue weighted by molar-refractivity contribution is -0.134. The van der Waals surface area contributed by atoms with E-state index in [4.69, 9.17) is 4.74 Å². The van der Waals surface area contributed by atoms with Crippen molar-refractivity contribution < 1.29 is 17.9 Å². The van der Waals surface area contributed by atoms with Gasteiger partial charge in [-0.05, 0) is 54.7 Å². The monoisotopic (exact) mass is 506 g/mol. The number of nitrogens with one attached hydrogen (secondary N) is 1. The van der Waals surface area contributed by atoms with Gasteiger partial charge in [0, 0.05) is 19.1 Å². The second-order valence-electron chi connectivity index (χ2n) is 9.39. The summed E-state index contributed by atoms with van der Waals surface area (Å²) < 4.78 is 34.4. The number of sulfonamides is 1. The van der Waals surface area contributed by atoms with Gasteiger partial charge in [0.2, 0.25) is 10.0 Å². The molecule has 1 aliphatic carbocycles. The van der Waals surface area contributed by atoms with Crippen molar-refractivity contribution >= 4 is 15.9 Å². The molecule has 0 radical (unpaired) electrons. The van der Waals surface area contributed by atoms with Gasteiger partial charge in [-0.2, -0.15) is 0 Å². The zero-order valence-corrected chi connectivity index (χ0v) is 21.5. The number of ether oxygens (including phenoxy) is 1. The van der Waals surface area contributed by atoms with E-state index >= 15 is 0 Å². The van der Waals surface area contributed by atoms with Gasteiger partial charge in [-0.1, -0.05) is 79.9 Å². The smallest absolute Gasteiger partial charge is 0.261 e. The number of hydrogen-bond donors (Lipinski definition) is 1. The Morgan fingerprint density at radius 1 is 0.889 bits per heavy atom. The number of hydrogen-bond acceptors (Lipinski definition) is 4. The summed E-state index contributed by atoms with van der Waals surface area (Å²) in [5.74, 6) is 0.358. The number of rotatable bonds is 10. The number of benzene rings is 3. The maximum Gasteiger partial charge on any atom is 0.261 e. The Kier molecular flexibility index (Phi) is 8.78. The molecule has 4 rings (SSSR count). The standard InChI is InChI=1S/C29H34N2O4S/c1-23-19-27(36(33,34)30-26-15-9-4-10-16-26)17-18-28(23)35-22-29(32)31(20-24-11-5-2-6-12-24)21-25-13-7-3-8-14-25/h2-3,5-8,11-14,17-19,26,30H,4,9-10,15-16,20-22H2,1H3. The molecule has 0 spiro atoms. The predicted molar refractivity (Wildman–Crippen MR) is 141 cm³/mol. The molecule has 7 heteroatoms. The first-order chi connectivity index (χ1) is 17.4. The van der Waals surface area contributed by atoms with Gasteiger partial charge in [0.15, 0.2) is 6.61 Å². The van der Waals surface area contributed by atoms with Crippen molar-refractivity contribution in [1.29, 1.82) is 0 Å². The topological polar surface area (TPSA) is 75.7 Å². The third-order valence-corrected chi connectivity index (χ3v) is 8.04. The number of carbonyl (C=O) groups is 1. The molecule has 0 saturated heterocycles. The first kappa shape index (κ1) is 25.9. The summed E-state index contributed by atoms with van der Waals surface area (Å²) in [5, 5.41) is 0. The van der Waals surface area contributed by atoms with Crippen molar-refractivity contribution in [1.82, 2.24) is 9.62 Å². The lowest BCUT2D eigenvalue weighted by Crippen LogP contribution is -2.36. The number of amides is 1. The zero-order valence-electron chi connectivity index (χ0n) is 20.7. The largest absolute Gasteiger partial charge is 0.483 e. The van der Waals surface area contributed by atoms with Crippen LogP contribution in [0.15, 0.2) is 83.8 Å². The molecule has 0 heterocycles. The van der Waals surface area contributed by atoms with Crippen LogP contribution >= 0.6 is 0 Å². The quantitative estimate of drug-likeness (QED) is 0.409. The lowest BCUT2D eigenvalue weighted by Gasteiger charge is -2.24. The van der Waals surface area contributed by atoms with Crippen molar-refractivity contribution in [2.45, 2.75) is 63.1 Å². The van der Waals surface area contributed by atoms with Gasteiger partial charge in [-0.25, -0.2) is 13.1 Å². The molecule has 0 atom stereocenters. The van der Waals surface area contributed by atoms with Crippen LogP contribution in [0.1, 0.15) is 48.8 Å². The van der Waals surface area contributed by atoms with Gasteiger partial charge in [0.25, 0.3) is 5.91 Å². The zero-order chi connectivity index (χ0) is 25.4. The van der Waals surface area contributed by atoms with Crippen molar-refractivity contribution in [3.05, 3.63) is 95.6 Å². The molecule has 1 fully saturated rings. The number of carbonyl (C=O) groups excluding carboxylic acids is 1. The Hall–Kier alpha value is -3.16. The summed E-state index contributed by atoms with van der Waals surface area (Å²) in [7, 11) is -3.59. The molecule has 1 amide bonds. The Bertz CT molecular complexity index is 1200. The molecule has 1 saturated carbocycles. The molecule has 190 valence electrons. The highest BCUT2D eigenvalue weighted by Crippen LogP contribution is 2.24. The van der Waals surface area contributed by atoms with Crippen LogP contribution in [0.4, 0.5) is 0 Å². The van der Waals surface area contributed by atoms with Gasteiger partial charge in [-0.3, -0.25) is 4.79 Å². The number of aryl methyl sites for hydroxylation is 1. The highest BCUT2D eigenvalue weighted by Gasteiger charge is 2.23. The van der Waals surface area contributed by atoms with Crippen molar-refractivity contribution in [2.75, 3.05) is 6.61 Å². The average Bonchev–Trinajstić information content (AvgIpc) is 2.89. The minimum absolute atomic E-state index is 0.00202. The van der Waals surface area contributed by atoms with Crippen LogP contribution in [-0.4, -0.2) is 31.9 Å². The molecule has 0 bridgehead atoms. The summed E-state index contributed by atoms with van der Waals surface area (Å²) >= 11 is 0. The fraction of sp³-hybridized carbons (Fsp3) is 0.345. The van der Waals surface area contributed by atoms with Gasteiger partial charge in [-0.15, -0.1) is 0 Å². The van der Waals surface area contributed by atoms with Crippen LogP contribution in [0.5, 0.6) is 5.75 Å². The van der Waals surface area contributed by atoms with Crippen LogP contribution in [0, 0.1) is 6.92 Å². The minimum atomic E-state index is -3.59. The predicted octanol–water partition coefficient (Wildman–Crippen LogP) is 5.21. The molecular formula is C29H34N2O4S. The summed E-state index contributed by atoms with van der Waals surface area (Å²) in [5.41, 5.74) is 2.75. The van der Waals surface area contributed by atoms with E-state index in [1.54, 1.807) is 30.0 Å². The molecule has 0 unspecified atom stereocenters. The van der Waals surface area contributed by atoms with Crippen molar-refractivity contribution in [3.63, 3.8) is 0 Å². The summed E-state index contributed by atoms with van der Waals surface area (Å²) in [4.78, 5) is 15.2. The maximum absolute atomic E-state index is 13.2. The highest BCUT2D eigenvalue weighted by atomic mass is 32.2. The Morgan fingerprint density at radius 2 is 1.47 bits per heavy atom. The molecule has 6 nitrogen and oxygen atoms in total. The van der Waals surface area contributed by atoms with Crippen LogP contribution in [0.2, 0.25) is 0 Å². The highest BCUT2D eigenvalue weighted by molar-refractivity contribution is 7.89. The summed E-state index contributed by atoms with van der Waals surface area (Å²) in [6.07, 6.45) is 5.03. The molecule has 0 aromatic heterocycles. The molecule has 3 aromatic rings. The summed E-state index contributed by atoms with van der Waals surface area (Å²) in [6.45, 7) is 2.61. The molecule has 0 aliphatic heterocycles. The summed E-state index contributed by atoms with van der Waals surface area (Å²) in [6, 6.07) is 24.5. The minimum Gasteiger partial charge on any atom is -0.483 e. The molecule has 36 heavy (non-hydrogen) atoms. The first-order valence-corrected chi connectivity index (χ1v) is 14.0. The van der Waals surface area contributed by atoms with Crippen LogP contribution in [0.25, 0.3) is 0 Å². The Labute approximate surface area is 214 Å². The van der Waals surface area contributed by atoms with E-state index < -0.39 is 10.0 Å². The van der Waals surface area contributed by atoms with Crippen LogP contribution in [-0.2, 0) is 27.9 Å². The van der Waals surface area contributed by atoms with E-state index in [0.29, 0.717) is 24.4 Å². The van der Waals surface area contributed by atoms with Gasteiger partial charge in [0.05, 0.1) is 4.90 Å². The lowest BCUT2D eigenvalue weighted by atomic mass is 9.96. The third-order valence-electron chi connectivity index (χ3n) is 6.52. The van der Waals surface area contributed by atoms with E-state index in [1.165, 1.54) is 0 Å². The Morgan fingerprint density at radius 3 is 2.03 bits per heavy atom. The van der Waals surface area contributed by atoms with E-state index in [2.05, 4.69) is 4.72 Å². The first-order valence-electron chi connectivity index (χ1n) is 12.5.